The Morgan fingerprint density at radius 3 is 2.71 bits per heavy atom. The first-order chi connectivity index (χ1) is 11.2. The second-order valence-corrected chi connectivity index (χ2v) is 7.58. The lowest BCUT2D eigenvalue weighted by atomic mass is 9.85. The number of nitrogens with zero attached hydrogens (tertiary/aromatic N) is 1. The molecular weight excluding hydrogens is 309 g/mol. The maximum absolute atomic E-state index is 14.2. The molecule has 1 aliphatic carbocycles. The first-order valence-corrected chi connectivity index (χ1v) is 8.08. The van der Waals surface area contributed by atoms with Gasteiger partial charge in [0.05, 0.1) is 0 Å². The fraction of sp³-hybridized carbons (Fsp3) is 0.474. The summed E-state index contributed by atoms with van der Waals surface area (Å²) in [4.78, 5) is 26.2. The smallest absolute Gasteiger partial charge is 0.326 e. The van der Waals surface area contributed by atoms with Crippen molar-refractivity contribution in [2.75, 3.05) is 13.1 Å². The van der Waals surface area contributed by atoms with E-state index in [2.05, 4.69) is 6.58 Å². The molecule has 1 aliphatic heterocycles. The number of benzene rings is 1. The van der Waals surface area contributed by atoms with Gasteiger partial charge < -0.3 is 9.64 Å². The molecule has 1 aromatic carbocycles. The third-order valence-electron chi connectivity index (χ3n) is 4.53. The van der Waals surface area contributed by atoms with E-state index >= 15 is 0 Å². The van der Waals surface area contributed by atoms with Crippen molar-refractivity contribution in [1.29, 1.82) is 0 Å². The fourth-order valence-corrected chi connectivity index (χ4v) is 3.32. The van der Waals surface area contributed by atoms with Crippen LogP contribution in [0.5, 0.6) is 0 Å². The molecule has 0 bridgehead atoms. The molecule has 5 heteroatoms. The van der Waals surface area contributed by atoms with Crippen LogP contribution in [0.2, 0.25) is 0 Å². The zero-order valence-corrected chi connectivity index (χ0v) is 14.3. The van der Waals surface area contributed by atoms with Gasteiger partial charge in [0.1, 0.15) is 18.3 Å². The van der Waals surface area contributed by atoms with E-state index in [-0.39, 0.29) is 19.0 Å². The summed E-state index contributed by atoms with van der Waals surface area (Å²) in [5.41, 5.74) is 0.755. The van der Waals surface area contributed by atoms with Gasteiger partial charge in [-0.1, -0.05) is 24.8 Å². The molecule has 24 heavy (non-hydrogen) atoms. The van der Waals surface area contributed by atoms with Gasteiger partial charge in [0, 0.05) is 17.5 Å². The summed E-state index contributed by atoms with van der Waals surface area (Å²) in [6.07, 6.45) is 1.06. The Morgan fingerprint density at radius 1 is 1.50 bits per heavy atom. The minimum Gasteiger partial charge on any atom is -0.459 e. The van der Waals surface area contributed by atoms with Crippen molar-refractivity contribution in [1.82, 2.24) is 4.90 Å². The quantitative estimate of drug-likeness (QED) is 0.800. The highest BCUT2D eigenvalue weighted by Gasteiger charge is 2.61. The number of carbonyl (C=O) groups excluding carboxylic acids is 2. The standard InChI is InChI=1S/C19H22FNO3/c1-5-12-6-7-13-14(8-12)19(9-15(19)20)11-21(17(13)23)10-16(22)24-18(2,3)4/h5-8,15H,1,9-11H2,2-4H3/t15-,19-/m1/s1. The van der Waals surface area contributed by atoms with E-state index in [9.17, 15) is 14.0 Å². The summed E-state index contributed by atoms with van der Waals surface area (Å²) in [5, 5.41) is 0. The minimum absolute atomic E-state index is 0.160. The van der Waals surface area contributed by atoms with E-state index in [4.69, 9.17) is 4.74 Å². The lowest BCUT2D eigenvalue weighted by Gasteiger charge is -2.34. The van der Waals surface area contributed by atoms with Gasteiger partial charge >= 0.3 is 5.97 Å². The van der Waals surface area contributed by atoms with Gasteiger partial charge in [0.25, 0.3) is 5.91 Å². The molecule has 1 saturated carbocycles. The fourth-order valence-electron chi connectivity index (χ4n) is 3.32. The maximum atomic E-state index is 14.2. The third-order valence-corrected chi connectivity index (χ3v) is 4.53. The zero-order chi connectivity index (χ0) is 17.7. The van der Waals surface area contributed by atoms with Gasteiger partial charge in [0.2, 0.25) is 0 Å². The Labute approximate surface area is 141 Å². The van der Waals surface area contributed by atoms with Crippen LogP contribution >= 0.6 is 0 Å². The number of amides is 1. The van der Waals surface area contributed by atoms with Gasteiger partial charge in [-0.2, -0.15) is 0 Å². The van der Waals surface area contributed by atoms with Crippen LogP contribution in [-0.2, 0) is 14.9 Å². The van der Waals surface area contributed by atoms with Gasteiger partial charge in [-0.3, -0.25) is 9.59 Å². The number of hydrogen-bond donors (Lipinski definition) is 0. The number of alkyl halides is 1. The van der Waals surface area contributed by atoms with Gasteiger partial charge in [-0.25, -0.2) is 4.39 Å². The molecule has 0 radical (unpaired) electrons. The highest BCUT2D eigenvalue weighted by Crippen LogP contribution is 2.54. The molecule has 1 aromatic rings. The van der Waals surface area contributed by atoms with Crippen molar-refractivity contribution in [3.63, 3.8) is 0 Å². The van der Waals surface area contributed by atoms with Crippen LogP contribution in [-0.4, -0.2) is 41.6 Å². The molecular formula is C19H22FNO3. The molecule has 0 unspecified atom stereocenters. The first-order valence-electron chi connectivity index (χ1n) is 8.08. The van der Waals surface area contributed by atoms with Crippen LogP contribution < -0.4 is 0 Å². The van der Waals surface area contributed by atoms with E-state index in [1.54, 1.807) is 39.0 Å². The summed E-state index contributed by atoms with van der Waals surface area (Å²) < 4.78 is 19.5. The Balaban J connectivity index is 1.89. The molecule has 2 aliphatic rings. The van der Waals surface area contributed by atoms with E-state index in [0.717, 1.165) is 11.1 Å². The van der Waals surface area contributed by atoms with Crippen molar-refractivity contribution in [3.05, 3.63) is 41.5 Å². The average molecular weight is 331 g/mol. The molecule has 1 amide bonds. The molecule has 128 valence electrons. The number of ether oxygens (including phenoxy) is 1. The van der Waals surface area contributed by atoms with Crippen LogP contribution in [0.4, 0.5) is 4.39 Å². The molecule has 1 heterocycles. The Hall–Kier alpha value is -2.17. The average Bonchev–Trinajstić information content (AvgIpc) is 3.12. The molecule has 1 fully saturated rings. The lowest BCUT2D eigenvalue weighted by Crippen LogP contribution is -2.47. The van der Waals surface area contributed by atoms with Crippen LogP contribution in [0.15, 0.2) is 24.8 Å². The maximum Gasteiger partial charge on any atom is 0.326 e. The SMILES string of the molecule is C=Cc1ccc2c(c1)[C@@]1(C[C@H]1F)CN(CC(=O)OC(C)(C)C)C2=O. The molecule has 2 atom stereocenters. The predicted octanol–water partition coefficient (Wildman–Crippen LogP) is 3.11. The first kappa shape index (κ1) is 16.7. The van der Waals surface area contributed by atoms with Crippen molar-refractivity contribution in [2.45, 2.75) is 44.4 Å². The van der Waals surface area contributed by atoms with E-state index in [0.29, 0.717) is 12.0 Å². The van der Waals surface area contributed by atoms with Gasteiger partial charge in [-0.15, -0.1) is 0 Å². The van der Waals surface area contributed by atoms with Gasteiger partial charge in [-0.05, 0) is 44.4 Å². The summed E-state index contributed by atoms with van der Waals surface area (Å²) in [5.74, 6) is -0.732. The predicted molar refractivity (Wildman–Crippen MR) is 89.5 cm³/mol. The molecule has 0 saturated heterocycles. The highest BCUT2D eigenvalue weighted by molar-refractivity contribution is 5.99. The summed E-state index contributed by atoms with van der Waals surface area (Å²) in [6, 6.07) is 5.32. The van der Waals surface area contributed by atoms with Crippen LogP contribution in [0.25, 0.3) is 6.08 Å². The molecule has 4 nitrogen and oxygen atoms in total. The van der Waals surface area contributed by atoms with Crippen LogP contribution in [0, 0.1) is 0 Å². The number of hydrogen-bond acceptors (Lipinski definition) is 3. The van der Waals surface area contributed by atoms with Crippen LogP contribution in [0.3, 0.4) is 0 Å². The molecule has 0 aromatic heterocycles. The highest BCUT2D eigenvalue weighted by atomic mass is 19.1. The number of esters is 1. The van der Waals surface area contributed by atoms with E-state index < -0.39 is 23.2 Å². The second-order valence-electron chi connectivity index (χ2n) is 7.58. The topological polar surface area (TPSA) is 46.6 Å². The Bertz CT molecular complexity index is 722. The van der Waals surface area contributed by atoms with E-state index in [1.807, 2.05) is 6.07 Å². The van der Waals surface area contributed by atoms with Crippen molar-refractivity contribution in [3.8, 4) is 0 Å². The number of carbonyl (C=O) groups is 2. The van der Waals surface area contributed by atoms with Crippen molar-refractivity contribution in [2.24, 2.45) is 0 Å². The number of fused-ring (bicyclic) bond motifs is 2. The number of halogens is 1. The third kappa shape index (κ3) is 2.83. The largest absolute Gasteiger partial charge is 0.459 e. The Morgan fingerprint density at radius 2 is 2.17 bits per heavy atom. The Kier molecular flexibility index (Phi) is 3.78. The molecule has 3 rings (SSSR count). The minimum atomic E-state index is -0.995. The summed E-state index contributed by atoms with van der Waals surface area (Å²) in [7, 11) is 0. The monoisotopic (exact) mass is 331 g/mol. The second kappa shape index (κ2) is 5.43. The lowest BCUT2D eigenvalue weighted by molar-refractivity contribution is -0.155. The van der Waals surface area contributed by atoms with Crippen molar-refractivity contribution >= 4 is 18.0 Å². The normalized spacial score (nSPS) is 25.4. The van der Waals surface area contributed by atoms with Crippen molar-refractivity contribution < 1.29 is 18.7 Å². The van der Waals surface area contributed by atoms with Crippen LogP contribution in [0.1, 0.15) is 48.7 Å². The number of rotatable bonds is 3. The summed E-state index contributed by atoms with van der Waals surface area (Å²) in [6.45, 7) is 9.09. The van der Waals surface area contributed by atoms with E-state index in [1.165, 1.54) is 4.90 Å². The molecule has 0 N–H and O–H groups in total. The zero-order valence-electron chi connectivity index (χ0n) is 14.3. The van der Waals surface area contributed by atoms with Gasteiger partial charge in [0.15, 0.2) is 0 Å². The summed E-state index contributed by atoms with van der Waals surface area (Å²) >= 11 is 0. The molecule has 1 spiro atoms.